The molecular formula is C18H27N3O. The number of rotatable bonds is 2. The molecule has 0 aromatic heterocycles. The molecule has 1 heterocycles. The number of nitrogens with zero attached hydrogens (tertiary/aromatic N) is 2. The van der Waals surface area contributed by atoms with Crippen LogP contribution in [0.25, 0.3) is 0 Å². The van der Waals surface area contributed by atoms with Gasteiger partial charge in [0.2, 0.25) is 5.91 Å². The summed E-state index contributed by atoms with van der Waals surface area (Å²) in [4.78, 5) is 17.1. The lowest BCUT2D eigenvalue weighted by Gasteiger charge is -2.30. The van der Waals surface area contributed by atoms with Crippen LogP contribution in [0.2, 0.25) is 0 Å². The number of hydrogen-bond acceptors (Lipinski definition) is 3. The Morgan fingerprint density at radius 2 is 2.09 bits per heavy atom. The van der Waals surface area contributed by atoms with Gasteiger partial charge < -0.3 is 15.5 Å². The van der Waals surface area contributed by atoms with E-state index in [-0.39, 0.29) is 18.0 Å². The van der Waals surface area contributed by atoms with Gasteiger partial charge in [0, 0.05) is 44.3 Å². The Labute approximate surface area is 133 Å². The van der Waals surface area contributed by atoms with E-state index in [9.17, 15) is 4.79 Å². The monoisotopic (exact) mass is 301 g/mol. The van der Waals surface area contributed by atoms with Crippen LogP contribution in [-0.2, 0) is 11.3 Å². The van der Waals surface area contributed by atoms with Crippen molar-refractivity contribution in [2.24, 2.45) is 11.7 Å². The van der Waals surface area contributed by atoms with E-state index in [0.29, 0.717) is 18.9 Å². The number of carbonyl (C=O) groups excluding carboxylic acids is 1. The number of fused-ring (bicyclic) bond motifs is 1. The molecule has 1 saturated carbocycles. The van der Waals surface area contributed by atoms with Gasteiger partial charge in [-0.05, 0) is 37.3 Å². The van der Waals surface area contributed by atoms with E-state index in [1.165, 1.54) is 17.7 Å². The Balaban J connectivity index is 1.76. The largest absolute Gasteiger partial charge is 0.372 e. The Hall–Kier alpha value is -1.55. The summed E-state index contributed by atoms with van der Waals surface area (Å²) in [5, 5.41) is 0. The summed E-state index contributed by atoms with van der Waals surface area (Å²) < 4.78 is 0. The third kappa shape index (κ3) is 2.98. The van der Waals surface area contributed by atoms with Crippen molar-refractivity contribution >= 4 is 11.6 Å². The van der Waals surface area contributed by atoms with Crippen LogP contribution in [0.1, 0.15) is 38.2 Å². The van der Waals surface area contributed by atoms with E-state index in [4.69, 9.17) is 5.73 Å². The number of hydrogen-bond donors (Lipinski definition) is 1. The number of nitrogens with two attached hydrogens (primary N) is 1. The molecule has 2 aliphatic rings. The second-order valence-corrected chi connectivity index (χ2v) is 6.94. The number of likely N-dealkylation sites (N-methyl/N-ethyl adjacent to an activating group) is 1. The number of benzene rings is 1. The minimum Gasteiger partial charge on any atom is -0.372 e. The molecule has 0 saturated heterocycles. The highest BCUT2D eigenvalue weighted by molar-refractivity contribution is 5.77. The zero-order valence-electron chi connectivity index (χ0n) is 13.7. The first-order valence-corrected chi connectivity index (χ1v) is 8.40. The molecule has 22 heavy (non-hydrogen) atoms. The molecule has 120 valence electrons. The average Bonchev–Trinajstić information content (AvgIpc) is 2.84. The molecule has 1 aliphatic carbocycles. The fourth-order valence-electron chi connectivity index (χ4n) is 3.94. The Kier molecular flexibility index (Phi) is 4.39. The van der Waals surface area contributed by atoms with Gasteiger partial charge in [0.1, 0.15) is 0 Å². The molecule has 3 rings (SSSR count). The van der Waals surface area contributed by atoms with Crippen LogP contribution in [0.3, 0.4) is 0 Å². The normalized spacial score (nSPS) is 28.4. The molecular weight excluding hydrogens is 274 g/mol. The van der Waals surface area contributed by atoms with Crippen LogP contribution in [0.15, 0.2) is 24.3 Å². The third-order valence-electron chi connectivity index (χ3n) is 5.29. The van der Waals surface area contributed by atoms with Crippen LogP contribution in [0.4, 0.5) is 5.69 Å². The van der Waals surface area contributed by atoms with Gasteiger partial charge in [-0.1, -0.05) is 24.6 Å². The minimum atomic E-state index is 0.209. The molecule has 1 unspecified atom stereocenters. The molecule has 0 radical (unpaired) electrons. The molecule has 4 heteroatoms. The number of para-hydroxylation sites is 1. The van der Waals surface area contributed by atoms with E-state index < -0.39 is 0 Å². The lowest BCUT2D eigenvalue weighted by Crippen LogP contribution is -2.43. The summed E-state index contributed by atoms with van der Waals surface area (Å²) in [6.07, 6.45) is 3.95. The second-order valence-electron chi connectivity index (χ2n) is 6.94. The highest BCUT2D eigenvalue weighted by atomic mass is 16.2. The first-order chi connectivity index (χ1) is 10.6. The highest BCUT2D eigenvalue weighted by Gasteiger charge is 2.31. The lowest BCUT2D eigenvalue weighted by molar-refractivity contribution is -0.134. The molecule has 1 fully saturated rings. The number of carbonyl (C=O) groups is 1. The highest BCUT2D eigenvalue weighted by Crippen LogP contribution is 2.30. The van der Waals surface area contributed by atoms with Crippen LogP contribution in [0, 0.1) is 5.92 Å². The van der Waals surface area contributed by atoms with Crippen molar-refractivity contribution in [2.75, 3.05) is 18.5 Å². The van der Waals surface area contributed by atoms with E-state index >= 15 is 0 Å². The van der Waals surface area contributed by atoms with Gasteiger partial charge in [-0.25, -0.2) is 0 Å². The maximum atomic E-state index is 12.8. The van der Waals surface area contributed by atoms with Crippen molar-refractivity contribution in [1.29, 1.82) is 0 Å². The quantitative estimate of drug-likeness (QED) is 0.912. The van der Waals surface area contributed by atoms with Gasteiger partial charge in [0.05, 0.1) is 0 Å². The zero-order valence-corrected chi connectivity index (χ0v) is 13.7. The molecule has 1 aromatic rings. The van der Waals surface area contributed by atoms with Gasteiger partial charge >= 0.3 is 0 Å². The summed E-state index contributed by atoms with van der Waals surface area (Å²) in [6, 6.07) is 8.82. The predicted octanol–water partition coefficient (Wildman–Crippen LogP) is 2.37. The van der Waals surface area contributed by atoms with Gasteiger partial charge in [0.25, 0.3) is 0 Å². The van der Waals surface area contributed by atoms with Crippen molar-refractivity contribution in [3.05, 3.63) is 29.8 Å². The van der Waals surface area contributed by atoms with Gasteiger partial charge in [-0.15, -0.1) is 0 Å². The summed E-state index contributed by atoms with van der Waals surface area (Å²) in [5.74, 6) is 0.635. The van der Waals surface area contributed by atoms with E-state index in [1.807, 2.05) is 4.90 Å². The first kappa shape index (κ1) is 15.3. The fraction of sp³-hybridized carbons (Fsp3) is 0.611. The van der Waals surface area contributed by atoms with Crippen LogP contribution in [0.5, 0.6) is 0 Å². The van der Waals surface area contributed by atoms with Gasteiger partial charge in [-0.2, -0.15) is 0 Å². The van der Waals surface area contributed by atoms with E-state index in [2.05, 4.69) is 43.1 Å². The average molecular weight is 301 g/mol. The topological polar surface area (TPSA) is 49.6 Å². The second kappa shape index (κ2) is 6.29. The fourth-order valence-corrected chi connectivity index (χ4v) is 3.94. The number of amides is 1. The standard InChI is InChI=1S/C18H27N3O/c1-13-11-20(2)17-9-4-3-6-15(17)12-21(13)18(22)10-14-7-5-8-16(14)19/h3-4,6,9,13-14,16H,5,7-8,10-12,19H2,1-2H3/t13?,14-,16+/m0/s1. The summed E-state index contributed by atoms with van der Waals surface area (Å²) in [6.45, 7) is 3.73. The zero-order chi connectivity index (χ0) is 15.7. The molecule has 3 atom stereocenters. The van der Waals surface area contributed by atoms with Crippen molar-refractivity contribution < 1.29 is 4.79 Å². The van der Waals surface area contributed by atoms with Gasteiger partial charge in [-0.3, -0.25) is 4.79 Å². The minimum absolute atomic E-state index is 0.209. The van der Waals surface area contributed by atoms with Crippen molar-refractivity contribution in [2.45, 2.75) is 51.2 Å². The summed E-state index contributed by atoms with van der Waals surface area (Å²) >= 11 is 0. The Bertz CT molecular complexity index is 545. The maximum absolute atomic E-state index is 12.8. The van der Waals surface area contributed by atoms with E-state index in [1.54, 1.807) is 0 Å². The first-order valence-electron chi connectivity index (χ1n) is 8.40. The molecule has 2 N–H and O–H groups in total. The summed E-state index contributed by atoms with van der Waals surface area (Å²) in [7, 11) is 2.11. The van der Waals surface area contributed by atoms with E-state index in [0.717, 1.165) is 19.4 Å². The van der Waals surface area contributed by atoms with Crippen LogP contribution >= 0.6 is 0 Å². The van der Waals surface area contributed by atoms with Crippen LogP contribution < -0.4 is 10.6 Å². The molecule has 0 bridgehead atoms. The SMILES string of the molecule is CC1CN(C)c2ccccc2CN1C(=O)C[C@@H]1CCC[C@H]1N. The van der Waals surface area contributed by atoms with Crippen molar-refractivity contribution in [1.82, 2.24) is 4.90 Å². The predicted molar refractivity (Wildman–Crippen MR) is 89.7 cm³/mol. The molecule has 1 aliphatic heterocycles. The number of anilines is 1. The molecule has 1 aromatic carbocycles. The lowest BCUT2D eigenvalue weighted by atomic mass is 9.99. The molecule has 1 amide bonds. The summed E-state index contributed by atoms with van der Waals surface area (Å²) in [5.41, 5.74) is 8.61. The Morgan fingerprint density at radius 1 is 1.32 bits per heavy atom. The third-order valence-corrected chi connectivity index (χ3v) is 5.29. The molecule has 4 nitrogen and oxygen atoms in total. The van der Waals surface area contributed by atoms with Crippen molar-refractivity contribution in [3.63, 3.8) is 0 Å². The van der Waals surface area contributed by atoms with Gasteiger partial charge in [0.15, 0.2) is 0 Å². The Morgan fingerprint density at radius 3 is 2.82 bits per heavy atom. The van der Waals surface area contributed by atoms with Crippen LogP contribution in [-0.4, -0.2) is 36.5 Å². The van der Waals surface area contributed by atoms with Crippen molar-refractivity contribution in [3.8, 4) is 0 Å². The molecule has 0 spiro atoms. The maximum Gasteiger partial charge on any atom is 0.223 e. The smallest absolute Gasteiger partial charge is 0.223 e.